The third-order valence-corrected chi connectivity index (χ3v) is 4.87. The highest BCUT2D eigenvalue weighted by Gasteiger charge is 2.08. The summed E-state index contributed by atoms with van der Waals surface area (Å²) in [7, 11) is 1.58. The van der Waals surface area contributed by atoms with E-state index in [0.29, 0.717) is 28.9 Å². The average molecular weight is 410 g/mol. The van der Waals surface area contributed by atoms with Gasteiger partial charge in [0, 0.05) is 5.38 Å². The number of anilines is 1. The molecule has 0 saturated carbocycles. The molecule has 0 saturated heterocycles. The van der Waals surface area contributed by atoms with Gasteiger partial charge in [-0.15, -0.1) is 11.3 Å². The van der Waals surface area contributed by atoms with Crippen LogP contribution >= 0.6 is 11.3 Å². The summed E-state index contributed by atoms with van der Waals surface area (Å²) in [6, 6.07) is 13.5. The number of ether oxygens (including phenoxy) is 2. The number of benzene rings is 2. The number of nitrogens with one attached hydrogen (secondary N) is 1. The Kier molecular flexibility index (Phi) is 6.80. The Morgan fingerprint density at radius 1 is 1.28 bits per heavy atom. The predicted octanol–water partition coefficient (Wildman–Crippen LogP) is 3.31. The fourth-order valence-corrected chi connectivity index (χ4v) is 3.16. The van der Waals surface area contributed by atoms with Gasteiger partial charge in [-0.1, -0.05) is 24.3 Å². The zero-order valence-electron chi connectivity index (χ0n) is 16.2. The van der Waals surface area contributed by atoms with Crippen LogP contribution in [0.3, 0.4) is 0 Å². The zero-order chi connectivity index (χ0) is 20.6. The van der Waals surface area contributed by atoms with Crippen LogP contribution in [0.1, 0.15) is 22.4 Å². The molecule has 29 heavy (non-hydrogen) atoms. The summed E-state index contributed by atoms with van der Waals surface area (Å²) in [4.78, 5) is 15.9. The van der Waals surface area contributed by atoms with Crippen LogP contribution in [0.5, 0.6) is 11.5 Å². The number of carbonyl (C=O) groups is 1. The van der Waals surface area contributed by atoms with Crippen molar-refractivity contribution in [1.29, 1.82) is 0 Å². The molecule has 0 aliphatic heterocycles. The van der Waals surface area contributed by atoms with E-state index in [1.165, 1.54) is 16.9 Å². The second kappa shape index (κ2) is 9.70. The van der Waals surface area contributed by atoms with Crippen molar-refractivity contribution in [2.24, 2.45) is 5.10 Å². The van der Waals surface area contributed by atoms with Crippen molar-refractivity contribution in [3.63, 3.8) is 0 Å². The zero-order valence-corrected chi connectivity index (χ0v) is 17.0. The molecule has 2 aromatic carbocycles. The molecule has 0 atom stereocenters. The highest BCUT2D eigenvalue weighted by Crippen LogP contribution is 2.28. The maximum atomic E-state index is 11.9. The lowest BCUT2D eigenvalue weighted by Gasteiger charge is -2.12. The number of hydrogen-bond acceptors (Lipinski definition) is 7. The topological polar surface area (TPSA) is 98.8 Å². The number of carbonyl (C=O) groups excluding carboxylic acids is 1. The number of hydrogen-bond donors (Lipinski definition) is 2. The Hall–Kier alpha value is -3.39. The molecule has 3 N–H and O–H groups in total. The molecule has 8 heteroatoms. The van der Waals surface area contributed by atoms with E-state index in [1.54, 1.807) is 24.8 Å². The highest BCUT2D eigenvalue weighted by atomic mass is 32.1. The van der Waals surface area contributed by atoms with Gasteiger partial charge in [0.1, 0.15) is 6.61 Å². The summed E-state index contributed by atoms with van der Waals surface area (Å²) < 4.78 is 11.3. The molecule has 0 fully saturated rings. The number of nitrogens with zero attached hydrogens (tertiary/aromatic N) is 2. The first-order valence-electron chi connectivity index (χ1n) is 8.92. The van der Waals surface area contributed by atoms with Crippen LogP contribution in [-0.2, 0) is 17.8 Å². The van der Waals surface area contributed by atoms with Gasteiger partial charge < -0.3 is 15.2 Å². The molecular formula is C21H22N4O3S. The van der Waals surface area contributed by atoms with E-state index in [-0.39, 0.29) is 12.3 Å². The molecule has 0 aliphatic rings. The molecule has 1 amide bonds. The summed E-state index contributed by atoms with van der Waals surface area (Å²) in [6.45, 7) is 2.50. The molecule has 1 aromatic heterocycles. The van der Waals surface area contributed by atoms with Gasteiger partial charge in [-0.3, -0.25) is 4.79 Å². The van der Waals surface area contributed by atoms with Gasteiger partial charge in [0.2, 0.25) is 5.91 Å². The second-order valence-electron chi connectivity index (χ2n) is 6.27. The van der Waals surface area contributed by atoms with Crippen molar-refractivity contribution in [3.8, 4) is 11.5 Å². The second-order valence-corrected chi connectivity index (χ2v) is 7.16. The lowest BCUT2D eigenvalue weighted by molar-refractivity contribution is -0.120. The molecule has 1 heterocycles. The smallest absolute Gasteiger partial charge is 0.246 e. The Morgan fingerprint density at radius 3 is 2.83 bits per heavy atom. The monoisotopic (exact) mass is 410 g/mol. The van der Waals surface area contributed by atoms with Crippen LogP contribution in [0.25, 0.3) is 0 Å². The van der Waals surface area contributed by atoms with Crippen LogP contribution in [0.15, 0.2) is 52.9 Å². The normalized spacial score (nSPS) is 10.8. The number of nitrogens with two attached hydrogens (primary N) is 1. The van der Waals surface area contributed by atoms with Crippen LogP contribution in [0.4, 0.5) is 5.13 Å². The van der Waals surface area contributed by atoms with E-state index in [9.17, 15) is 4.79 Å². The van der Waals surface area contributed by atoms with Crippen LogP contribution in [0, 0.1) is 6.92 Å². The first-order chi connectivity index (χ1) is 14.0. The molecular weight excluding hydrogens is 388 g/mol. The van der Waals surface area contributed by atoms with E-state index < -0.39 is 0 Å². The standard InChI is InChI=1S/C21H22N4O3S/c1-14-5-3-4-6-16(14)12-28-18-8-7-15(9-19(18)27-2)11-23-25-20(26)10-17-13-29-21(22)24-17/h3-9,11,13H,10,12H2,1-2H3,(H2,22,24)(H,25,26)/b23-11+. The Bertz CT molecular complexity index is 1020. The Labute approximate surface area is 173 Å². The van der Waals surface area contributed by atoms with Gasteiger partial charge in [0.15, 0.2) is 16.6 Å². The van der Waals surface area contributed by atoms with Gasteiger partial charge in [-0.05, 0) is 41.8 Å². The molecule has 0 radical (unpaired) electrons. The molecule has 3 rings (SSSR count). The van der Waals surface area contributed by atoms with Crippen molar-refractivity contribution in [1.82, 2.24) is 10.4 Å². The minimum Gasteiger partial charge on any atom is -0.493 e. The van der Waals surface area contributed by atoms with E-state index >= 15 is 0 Å². The molecule has 0 unspecified atom stereocenters. The van der Waals surface area contributed by atoms with Gasteiger partial charge >= 0.3 is 0 Å². The van der Waals surface area contributed by atoms with Gasteiger partial charge in [-0.25, -0.2) is 10.4 Å². The third kappa shape index (κ3) is 5.79. The number of nitrogen functional groups attached to an aromatic ring is 1. The highest BCUT2D eigenvalue weighted by molar-refractivity contribution is 7.13. The fourth-order valence-electron chi connectivity index (χ4n) is 2.60. The number of thiazole rings is 1. The first-order valence-corrected chi connectivity index (χ1v) is 9.80. The van der Waals surface area contributed by atoms with Crippen molar-refractivity contribution in [2.75, 3.05) is 12.8 Å². The summed E-state index contributed by atoms with van der Waals surface area (Å²) in [6.07, 6.45) is 1.67. The fraction of sp³-hybridized carbons (Fsp3) is 0.190. The first kappa shape index (κ1) is 20.3. The molecule has 0 aliphatic carbocycles. The summed E-state index contributed by atoms with van der Waals surface area (Å²) in [5, 5.41) is 6.17. The number of hydrazone groups is 1. The van der Waals surface area contributed by atoms with Gasteiger partial charge in [0.05, 0.1) is 25.4 Å². The van der Waals surface area contributed by atoms with Gasteiger partial charge in [-0.2, -0.15) is 5.10 Å². The van der Waals surface area contributed by atoms with E-state index in [0.717, 1.165) is 11.1 Å². The predicted molar refractivity (Wildman–Crippen MR) is 114 cm³/mol. The Morgan fingerprint density at radius 2 is 2.10 bits per heavy atom. The Balaban J connectivity index is 1.58. The van der Waals surface area contributed by atoms with Crippen LogP contribution in [-0.4, -0.2) is 24.2 Å². The number of amides is 1. The maximum Gasteiger partial charge on any atom is 0.246 e. The summed E-state index contributed by atoms with van der Waals surface area (Å²) >= 11 is 1.30. The molecule has 3 aromatic rings. The van der Waals surface area contributed by atoms with Crippen LogP contribution < -0.4 is 20.6 Å². The van der Waals surface area contributed by atoms with Crippen LogP contribution in [0.2, 0.25) is 0 Å². The minimum absolute atomic E-state index is 0.125. The quantitative estimate of drug-likeness (QED) is 0.438. The molecule has 0 bridgehead atoms. The molecule has 7 nitrogen and oxygen atoms in total. The number of methoxy groups -OCH3 is 1. The van der Waals surface area contributed by atoms with Crippen molar-refractivity contribution >= 4 is 28.6 Å². The SMILES string of the molecule is COc1cc(/C=N/NC(=O)Cc2csc(N)n2)ccc1OCc1ccccc1C. The minimum atomic E-state index is -0.267. The summed E-state index contributed by atoms with van der Waals surface area (Å²) in [5.41, 5.74) is 11.7. The number of aryl methyl sites for hydroxylation is 1. The molecule has 150 valence electrons. The average Bonchev–Trinajstić information content (AvgIpc) is 3.12. The number of aromatic nitrogens is 1. The van der Waals surface area contributed by atoms with Crippen molar-refractivity contribution in [3.05, 3.63) is 70.2 Å². The maximum absolute atomic E-state index is 11.9. The largest absolute Gasteiger partial charge is 0.493 e. The third-order valence-electron chi connectivity index (χ3n) is 4.15. The van der Waals surface area contributed by atoms with Crippen molar-refractivity contribution < 1.29 is 14.3 Å². The lowest BCUT2D eigenvalue weighted by atomic mass is 10.1. The van der Waals surface area contributed by atoms with Crippen molar-refractivity contribution in [2.45, 2.75) is 20.0 Å². The lowest BCUT2D eigenvalue weighted by Crippen LogP contribution is -2.19. The van der Waals surface area contributed by atoms with Gasteiger partial charge in [0.25, 0.3) is 0 Å². The summed E-state index contributed by atoms with van der Waals surface area (Å²) in [5.74, 6) is 0.960. The number of rotatable bonds is 8. The van der Waals surface area contributed by atoms with E-state index in [2.05, 4.69) is 15.5 Å². The van der Waals surface area contributed by atoms with E-state index in [4.69, 9.17) is 15.2 Å². The molecule has 0 spiro atoms. The van der Waals surface area contributed by atoms with E-state index in [1.807, 2.05) is 43.3 Å².